The van der Waals surface area contributed by atoms with E-state index in [0.29, 0.717) is 19.4 Å². The van der Waals surface area contributed by atoms with Crippen LogP contribution in [0.4, 0.5) is 0 Å². The van der Waals surface area contributed by atoms with Crippen LogP contribution in [0.25, 0.3) is 0 Å². The highest BCUT2D eigenvalue weighted by molar-refractivity contribution is 6.45. The van der Waals surface area contributed by atoms with E-state index in [4.69, 9.17) is 9.31 Å². The summed E-state index contributed by atoms with van der Waals surface area (Å²) in [7, 11) is -0.948. The summed E-state index contributed by atoms with van der Waals surface area (Å²) in [4.78, 5) is 27.2. The molecule has 0 aromatic carbocycles. The van der Waals surface area contributed by atoms with Gasteiger partial charge in [0.05, 0.1) is 0 Å². The molecule has 0 spiro atoms. The molecule has 0 aromatic rings. The van der Waals surface area contributed by atoms with Crippen LogP contribution in [0.5, 0.6) is 0 Å². The number of carbonyl (C=O) groups is 2. The molecule has 0 aromatic heterocycles. The number of hydrogen-bond acceptors (Lipinski definition) is 5. The molecule has 270 valence electrons. The third kappa shape index (κ3) is 31.0. The number of hydrogen-bond donors (Lipinski definition) is 0. The first kappa shape index (κ1) is 44.9. The van der Waals surface area contributed by atoms with Crippen molar-refractivity contribution in [2.45, 2.75) is 195 Å². The lowest BCUT2D eigenvalue weighted by Gasteiger charge is -2.28. The Morgan fingerprint density at radius 1 is 0.511 bits per heavy atom. The average Bonchev–Trinajstić information content (AvgIpc) is 3.04. The summed E-state index contributed by atoms with van der Waals surface area (Å²) in [5.41, 5.74) is 0. The Kier molecular flexibility index (Phi) is 33.7. The van der Waals surface area contributed by atoms with Gasteiger partial charge in [0.1, 0.15) is 0 Å². The van der Waals surface area contributed by atoms with E-state index in [2.05, 4.69) is 62.5 Å². The Balaban J connectivity index is 4.11. The Labute approximate surface area is 292 Å². The SMILES string of the molecule is CCCCC/C=C\C/C=C\CCCCCCCC(=O)OB(OC(=O)CCCCCCC/C=C\C/C=C\CCCCC)N(CC)C(C)C. The fraction of sp³-hybridized carbons (Fsp3) is 0.756. The summed E-state index contributed by atoms with van der Waals surface area (Å²) in [6, 6.07) is 0.0948. The van der Waals surface area contributed by atoms with E-state index in [1.807, 2.05) is 25.6 Å². The molecule has 5 nitrogen and oxygen atoms in total. The van der Waals surface area contributed by atoms with Crippen molar-refractivity contribution >= 4 is 19.2 Å². The molecule has 0 bridgehead atoms. The molecule has 0 heterocycles. The molecule has 0 radical (unpaired) electrons. The molecule has 0 amide bonds. The summed E-state index contributed by atoms with van der Waals surface area (Å²) in [5, 5.41) is 0. The third-order valence-electron chi connectivity index (χ3n) is 8.43. The van der Waals surface area contributed by atoms with Gasteiger partial charge in [-0.1, -0.05) is 147 Å². The average molecular weight is 656 g/mol. The van der Waals surface area contributed by atoms with Gasteiger partial charge in [0.2, 0.25) is 0 Å². The van der Waals surface area contributed by atoms with Gasteiger partial charge >= 0.3 is 7.25 Å². The van der Waals surface area contributed by atoms with Crippen LogP contribution >= 0.6 is 0 Å². The van der Waals surface area contributed by atoms with Crippen LogP contribution in [0.1, 0.15) is 189 Å². The van der Waals surface area contributed by atoms with Crippen LogP contribution < -0.4 is 0 Å². The van der Waals surface area contributed by atoms with E-state index >= 15 is 0 Å². The van der Waals surface area contributed by atoms with Gasteiger partial charge < -0.3 is 9.31 Å². The molecular formula is C41H74BNO4. The Morgan fingerprint density at radius 3 is 1.19 bits per heavy atom. The topological polar surface area (TPSA) is 55.8 Å². The van der Waals surface area contributed by atoms with Crippen LogP contribution in [0.3, 0.4) is 0 Å². The normalized spacial score (nSPS) is 12.1. The minimum atomic E-state index is -0.948. The standard InChI is InChI=1S/C41H74BNO4/c1-6-9-11-13-15-17-19-21-23-25-27-29-31-33-35-37-40(44)46-42(43(8-3)39(4)5)47-41(45)38-36-34-32-30-28-26-24-22-20-18-16-14-12-10-7-2/h15-18,21-24,39H,6-14,19-20,25-38H2,1-5H3/b17-15-,18-16-,23-21-,24-22-. The molecule has 0 aliphatic rings. The van der Waals surface area contributed by atoms with Gasteiger partial charge in [0, 0.05) is 18.9 Å². The van der Waals surface area contributed by atoms with Gasteiger partial charge in [0.15, 0.2) is 0 Å². The highest BCUT2D eigenvalue weighted by Crippen LogP contribution is 2.13. The predicted octanol–water partition coefficient (Wildman–Crippen LogP) is 12.4. The molecule has 0 rings (SSSR count). The smallest absolute Gasteiger partial charge is 0.485 e. The van der Waals surface area contributed by atoms with Crippen molar-refractivity contribution in [2.24, 2.45) is 0 Å². The maximum Gasteiger partial charge on any atom is 0.705 e. The predicted molar refractivity (Wildman–Crippen MR) is 204 cm³/mol. The number of nitrogens with zero attached hydrogens (tertiary/aromatic N) is 1. The van der Waals surface area contributed by atoms with Crippen molar-refractivity contribution in [1.29, 1.82) is 0 Å². The molecule has 0 saturated heterocycles. The molecule has 6 heteroatoms. The van der Waals surface area contributed by atoms with Crippen molar-refractivity contribution in [1.82, 2.24) is 4.81 Å². The number of unbranched alkanes of at least 4 members (excludes halogenated alkanes) is 16. The molecule has 0 N–H and O–H groups in total. The molecule has 0 saturated carbocycles. The molecule has 0 fully saturated rings. The van der Waals surface area contributed by atoms with Gasteiger partial charge in [-0.3, -0.25) is 14.4 Å². The van der Waals surface area contributed by atoms with Crippen molar-refractivity contribution in [3.8, 4) is 0 Å². The second-order valence-electron chi connectivity index (χ2n) is 13.2. The zero-order valence-electron chi connectivity index (χ0n) is 31.5. The fourth-order valence-electron chi connectivity index (χ4n) is 5.42. The summed E-state index contributed by atoms with van der Waals surface area (Å²) in [5.74, 6) is -0.575. The van der Waals surface area contributed by atoms with Gasteiger partial charge in [-0.25, -0.2) is 0 Å². The monoisotopic (exact) mass is 656 g/mol. The van der Waals surface area contributed by atoms with E-state index in [1.54, 1.807) is 0 Å². The lowest BCUT2D eigenvalue weighted by molar-refractivity contribution is -0.142. The van der Waals surface area contributed by atoms with Crippen LogP contribution in [0.15, 0.2) is 48.6 Å². The summed E-state index contributed by atoms with van der Waals surface area (Å²) in [6.07, 6.45) is 44.1. The van der Waals surface area contributed by atoms with Crippen molar-refractivity contribution < 1.29 is 18.9 Å². The van der Waals surface area contributed by atoms with Crippen LogP contribution in [0.2, 0.25) is 0 Å². The molecular weight excluding hydrogens is 581 g/mol. The van der Waals surface area contributed by atoms with E-state index in [1.165, 1.54) is 77.0 Å². The van der Waals surface area contributed by atoms with Crippen molar-refractivity contribution in [3.05, 3.63) is 48.6 Å². The highest BCUT2D eigenvalue weighted by Gasteiger charge is 2.37. The largest absolute Gasteiger partial charge is 0.705 e. The summed E-state index contributed by atoms with van der Waals surface area (Å²) >= 11 is 0. The Hall–Kier alpha value is -2.08. The summed E-state index contributed by atoms with van der Waals surface area (Å²) < 4.78 is 11.4. The maximum absolute atomic E-state index is 12.7. The van der Waals surface area contributed by atoms with Crippen LogP contribution in [-0.4, -0.2) is 36.6 Å². The quantitative estimate of drug-likeness (QED) is 0.0400. The first-order valence-electron chi connectivity index (χ1n) is 19.7. The zero-order chi connectivity index (χ0) is 34.6. The first-order chi connectivity index (χ1) is 23.0. The molecule has 0 unspecified atom stereocenters. The Morgan fingerprint density at radius 2 is 0.851 bits per heavy atom. The van der Waals surface area contributed by atoms with E-state index in [-0.39, 0.29) is 18.0 Å². The van der Waals surface area contributed by atoms with Crippen LogP contribution in [-0.2, 0) is 18.9 Å². The van der Waals surface area contributed by atoms with Crippen molar-refractivity contribution in [2.75, 3.05) is 6.54 Å². The third-order valence-corrected chi connectivity index (χ3v) is 8.43. The minimum Gasteiger partial charge on any atom is -0.485 e. The van der Waals surface area contributed by atoms with Gasteiger partial charge in [-0.2, -0.15) is 0 Å². The fourth-order valence-corrected chi connectivity index (χ4v) is 5.42. The molecule has 47 heavy (non-hydrogen) atoms. The summed E-state index contributed by atoms with van der Waals surface area (Å²) in [6.45, 7) is 11.2. The van der Waals surface area contributed by atoms with Crippen LogP contribution in [0, 0.1) is 0 Å². The lowest BCUT2D eigenvalue weighted by atomic mass is 10.00. The Bertz CT molecular complexity index is 775. The highest BCUT2D eigenvalue weighted by atomic mass is 16.7. The molecule has 0 aliphatic carbocycles. The minimum absolute atomic E-state index is 0.0948. The first-order valence-corrected chi connectivity index (χ1v) is 19.7. The number of allylic oxidation sites excluding steroid dienone is 8. The van der Waals surface area contributed by atoms with Gasteiger partial charge in [0.25, 0.3) is 11.9 Å². The number of rotatable bonds is 33. The van der Waals surface area contributed by atoms with E-state index < -0.39 is 7.25 Å². The molecule has 0 aliphatic heterocycles. The number of carbonyl (C=O) groups excluding carboxylic acids is 2. The molecule has 0 atom stereocenters. The van der Waals surface area contributed by atoms with Gasteiger partial charge in [-0.05, 0) is 83.6 Å². The van der Waals surface area contributed by atoms with E-state index in [9.17, 15) is 9.59 Å². The zero-order valence-corrected chi connectivity index (χ0v) is 31.5. The maximum atomic E-state index is 12.7. The van der Waals surface area contributed by atoms with Gasteiger partial charge in [-0.15, -0.1) is 0 Å². The lowest BCUT2D eigenvalue weighted by Crippen LogP contribution is -2.50. The van der Waals surface area contributed by atoms with E-state index in [0.717, 1.165) is 64.2 Å². The second kappa shape index (κ2) is 35.2. The van der Waals surface area contributed by atoms with Crippen molar-refractivity contribution in [3.63, 3.8) is 0 Å². The second-order valence-corrected chi connectivity index (χ2v) is 13.2.